The van der Waals surface area contributed by atoms with Crippen molar-refractivity contribution >= 4 is 22.6 Å². The highest BCUT2D eigenvalue weighted by Crippen LogP contribution is 2.28. The highest BCUT2D eigenvalue weighted by Gasteiger charge is 2.15. The summed E-state index contributed by atoms with van der Waals surface area (Å²) in [4.78, 5) is 7.65. The average molecular weight is 207 g/mol. The molecule has 0 amide bonds. The van der Waals surface area contributed by atoms with Gasteiger partial charge in [0.1, 0.15) is 10.8 Å². The van der Waals surface area contributed by atoms with E-state index in [9.17, 15) is 0 Å². The summed E-state index contributed by atoms with van der Waals surface area (Å²) in [7, 11) is 0. The average Bonchev–Trinajstić information content (AvgIpc) is 2.54. The van der Waals surface area contributed by atoms with E-state index >= 15 is 0 Å². The molecule has 0 aliphatic heterocycles. The maximum atomic E-state index is 5.85. The topological polar surface area (TPSA) is 28.7 Å². The number of hydrogen-bond donors (Lipinski definition) is 1. The largest absolute Gasteiger partial charge is 0.343 e. The number of aromatic amines is 1. The van der Waals surface area contributed by atoms with Gasteiger partial charge < -0.3 is 4.98 Å². The van der Waals surface area contributed by atoms with Gasteiger partial charge in [0.15, 0.2) is 0 Å². The number of pyridine rings is 1. The Morgan fingerprint density at radius 3 is 3.00 bits per heavy atom. The van der Waals surface area contributed by atoms with Gasteiger partial charge in [-0.1, -0.05) is 11.6 Å². The molecule has 0 radical (unpaired) electrons. The van der Waals surface area contributed by atoms with Crippen molar-refractivity contribution in [1.82, 2.24) is 9.97 Å². The predicted molar refractivity (Wildman–Crippen MR) is 57.7 cm³/mol. The summed E-state index contributed by atoms with van der Waals surface area (Å²) in [6.45, 7) is 0. The van der Waals surface area contributed by atoms with Gasteiger partial charge in [-0.05, 0) is 43.4 Å². The van der Waals surface area contributed by atoms with Crippen LogP contribution in [-0.4, -0.2) is 9.97 Å². The minimum Gasteiger partial charge on any atom is -0.343 e. The van der Waals surface area contributed by atoms with Gasteiger partial charge in [-0.2, -0.15) is 0 Å². The minimum absolute atomic E-state index is 0.566. The first-order valence-electron chi connectivity index (χ1n) is 5.00. The van der Waals surface area contributed by atoms with Crippen LogP contribution in [0.4, 0.5) is 0 Å². The van der Waals surface area contributed by atoms with Crippen LogP contribution in [0.3, 0.4) is 0 Å². The van der Waals surface area contributed by atoms with E-state index in [1.807, 2.05) is 6.07 Å². The van der Waals surface area contributed by atoms with Gasteiger partial charge in [-0.25, -0.2) is 4.98 Å². The van der Waals surface area contributed by atoms with Crippen LogP contribution in [0.2, 0.25) is 5.15 Å². The second kappa shape index (κ2) is 2.99. The molecule has 0 fully saturated rings. The zero-order chi connectivity index (χ0) is 9.54. The number of aryl methyl sites for hydroxylation is 2. The van der Waals surface area contributed by atoms with Crippen LogP contribution in [0.1, 0.15) is 24.1 Å². The van der Waals surface area contributed by atoms with Crippen molar-refractivity contribution in [2.24, 2.45) is 0 Å². The summed E-state index contributed by atoms with van der Waals surface area (Å²) in [6, 6.07) is 3.94. The number of hydrogen-bond acceptors (Lipinski definition) is 1. The lowest BCUT2D eigenvalue weighted by molar-refractivity contribution is 0.680. The molecule has 1 N–H and O–H groups in total. The molecule has 0 saturated heterocycles. The van der Waals surface area contributed by atoms with Crippen molar-refractivity contribution in [2.75, 3.05) is 0 Å². The smallest absolute Gasteiger partial charge is 0.139 e. The van der Waals surface area contributed by atoms with Gasteiger partial charge in [0, 0.05) is 11.1 Å². The third-order valence-electron chi connectivity index (χ3n) is 2.92. The maximum absolute atomic E-state index is 5.85. The molecule has 0 bridgehead atoms. The monoisotopic (exact) mass is 206 g/mol. The summed E-state index contributed by atoms with van der Waals surface area (Å²) in [5, 5.41) is 1.82. The van der Waals surface area contributed by atoms with Crippen molar-refractivity contribution in [3.8, 4) is 0 Å². The van der Waals surface area contributed by atoms with Gasteiger partial charge in [0.2, 0.25) is 0 Å². The fraction of sp³-hybridized carbons (Fsp3) is 0.364. The molecular formula is C11H11ClN2. The molecule has 1 aliphatic carbocycles. The standard InChI is InChI=1S/C11H11ClN2/c12-10-6-5-8-7-3-1-2-4-9(7)13-11(8)14-10/h5-6H,1-4H2,(H,13,14). The van der Waals surface area contributed by atoms with Crippen LogP contribution in [0.5, 0.6) is 0 Å². The van der Waals surface area contributed by atoms with Crippen molar-refractivity contribution in [3.05, 3.63) is 28.5 Å². The third-order valence-corrected chi connectivity index (χ3v) is 3.13. The predicted octanol–water partition coefficient (Wildman–Crippen LogP) is 3.10. The van der Waals surface area contributed by atoms with E-state index in [0.29, 0.717) is 5.15 Å². The van der Waals surface area contributed by atoms with Gasteiger partial charge in [0.05, 0.1) is 0 Å². The molecule has 2 heterocycles. The highest BCUT2D eigenvalue weighted by molar-refractivity contribution is 6.29. The van der Waals surface area contributed by atoms with Crippen LogP contribution in [-0.2, 0) is 12.8 Å². The molecule has 14 heavy (non-hydrogen) atoms. The molecule has 0 aromatic carbocycles. The lowest BCUT2D eigenvalue weighted by Gasteiger charge is -2.09. The second-order valence-corrected chi connectivity index (χ2v) is 4.21. The fourth-order valence-electron chi connectivity index (χ4n) is 2.26. The van der Waals surface area contributed by atoms with E-state index in [-0.39, 0.29) is 0 Å². The molecule has 72 valence electrons. The molecule has 0 spiro atoms. The first-order chi connectivity index (χ1) is 6.84. The van der Waals surface area contributed by atoms with E-state index in [1.54, 1.807) is 0 Å². The maximum Gasteiger partial charge on any atom is 0.139 e. The Kier molecular flexibility index (Phi) is 1.77. The number of nitrogens with zero attached hydrogens (tertiary/aromatic N) is 1. The van der Waals surface area contributed by atoms with E-state index in [1.165, 1.54) is 35.9 Å². The first-order valence-corrected chi connectivity index (χ1v) is 5.38. The van der Waals surface area contributed by atoms with Crippen molar-refractivity contribution < 1.29 is 0 Å². The van der Waals surface area contributed by atoms with Crippen LogP contribution in [0, 0.1) is 0 Å². The van der Waals surface area contributed by atoms with Gasteiger partial charge in [-0.3, -0.25) is 0 Å². The molecule has 3 rings (SSSR count). The van der Waals surface area contributed by atoms with E-state index in [2.05, 4.69) is 16.0 Å². The normalized spacial score (nSPS) is 15.8. The lowest BCUT2D eigenvalue weighted by Crippen LogP contribution is -1.99. The van der Waals surface area contributed by atoms with Crippen LogP contribution >= 0.6 is 11.6 Å². The van der Waals surface area contributed by atoms with Crippen molar-refractivity contribution in [3.63, 3.8) is 0 Å². The number of aromatic nitrogens is 2. The van der Waals surface area contributed by atoms with Crippen LogP contribution in [0.25, 0.3) is 11.0 Å². The number of H-pyrrole nitrogens is 1. The molecule has 2 aromatic rings. The van der Waals surface area contributed by atoms with E-state index in [0.717, 1.165) is 12.1 Å². The number of rotatable bonds is 0. The van der Waals surface area contributed by atoms with Crippen molar-refractivity contribution in [1.29, 1.82) is 0 Å². The molecule has 0 unspecified atom stereocenters. The summed E-state index contributed by atoms with van der Waals surface area (Å²) < 4.78 is 0. The van der Waals surface area contributed by atoms with E-state index in [4.69, 9.17) is 11.6 Å². The Bertz CT molecular complexity index is 487. The van der Waals surface area contributed by atoms with Gasteiger partial charge >= 0.3 is 0 Å². The molecule has 0 atom stereocenters. The zero-order valence-electron chi connectivity index (χ0n) is 7.81. The third kappa shape index (κ3) is 1.14. The lowest BCUT2D eigenvalue weighted by atomic mass is 9.96. The summed E-state index contributed by atoms with van der Waals surface area (Å²) in [6.07, 6.45) is 4.91. The Labute approximate surface area is 87.3 Å². The highest BCUT2D eigenvalue weighted by atomic mass is 35.5. The second-order valence-electron chi connectivity index (χ2n) is 3.82. The van der Waals surface area contributed by atoms with Gasteiger partial charge in [0.25, 0.3) is 0 Å². The minimum atomic E-state index is 0.566. The molecule has 0 saturated carbocycles. The number of nitrogens with one attached hydrogen (secondary N) is 1. The first kappa shape index (κ1) is 8.30. The van der Waals surface area contributed by atoms with Crippen LogP contribution in [0.15, 0.2) is 12.1 Å². The fourth-order valence-corrected chi connectivity index (χ4v) is 2.41. The number of halogens is 1. The molecular weight excluding hydrogens is 196 g/mol. The molecule has 3 heteroatoms. The quantitative estimate of drug-likeness (QED) is 0.660. The SMILES string of the molecule is Clc1ccc2c3c([nH]c2n1)CCCC3. The Morgan fingerprint density at radius 1 is 1.21 bits per heavy atom. The van der Waals surface area contributed by atoms with Gasteiger partial charge in [-0.15, -0.1) is 0 Å². The summed E-state index contributed by atoms with van der Waals surface area (Å²) in [5.41, 5.74) is 3.76. The van der Waals surface area contributed by atoms with E-state index < -0.39 is 0 Å². The zero-order valence-corrected chi connectivity index (χ0v) is 8.56. The molecule has 2 aromatic heterocycles. The molecule has 1 aliphatic rings. The molecule has 2 nitrogen and oxygen atoms in total. The summed E-state index contributed by atoms with van der Waals surface area (Å²) >= 11 is 5.85. The van der Waals surface area contributed by atoms with Crippen LogP contribution < -0.4 is 0 Å². The van der Waals surface area contributed by atoms with Crippen molar-refractivity contribution in [2.45, 2.75) is 25.7 Å². The number of fused-ring (bicyclic) bond motifs is 3. The summed E-state index contributed by atoms with van der Waals surface area (Å²) in [5.74, 6) is 0. The Morgan fingerprint density at radius 2 is 2.07 bits per heavy atom. The Hall–Kier alpha value is -1.02. The Balaban J connectivity index is 2.31.